The van der Waals surface area contributed by atoms with Crippen LogP contribution in [0.4, 0.5) is 18.9 Å². The third-order valence-corrected chi connectivity index (χ3v) is 2.52. The summed E-state index contributed by atoms with van der Waals surface area (Å²) in [4.78, 5) is 12.2. The molecule has 2 N–H and O–H groups in total. The van der Waals surface area contributed by atoms with Crippen LogP contribution in [-0.2, 0) is 11.3 Å². The molecular formula is C13H17F3N2O. The number of carbonyl (C=O) groups is 1. The second-order valence-electron chi connectivity index (χ2n) is 4.68. The number of nitrogens with zero attached hydrogens (tertiary/aromatic N) is 1. The average molecular weight is 274 g/mol. The normalized spacial score (nSPS) is 11.7. The molecule has 0 bridgehead atoms. The van der Waals surface area contributed by atoms with Crippen molar-refractivity contribution >= 4 is 11.6 Å². The summed E-state index contributed by atoms with van der Waals surface area (Å²) < 4.78 is 37.7. The summed E-state index contributed by atoms with van der Waals surface area (Å²) >= 11 is 0. The summed E-state index contributed by atoms with van der Waals surface area (Å²) in [6.45, 7) is 3.83. The van der Waals surface area contributed by atoms with Gasteiger partial charge in [-0.2, -0.15) is 13.2 Å². The lowest BCUT2D eigenvalue weighted by atomic mass is 10.1. The predicted molar refractivity (Wildman–Crippen MR) is 67.6 cm³/mol. The number of alkyl halides is 3. The van der Waals surface area contributed by atoms with Gasteiger partial charge in [0.25, 0.3) is 0 Å². The van der Waals surface area contributed by atoms with Crippen LogP contribution in [0.2, 0.25) is 0 Å². The molecule has 1 aromatic carbocycles. The van der Waals surface area contributed by atoms with Crippen LogP contribution in [0.3, 0.4) is 0 Å². The van der Waals surface area contributed by atoms with Crippen molar-refractivity contribution in [2.75, 3.05) is 11.4 Å². The number of halogens is 3. The number of rotatable bonds is 4. The molecule has 0 saturated carbocycles. The molecule has 0 aromatic heterocycles. The van der Waals surface area contributed by atoms with Gasteiger partial charge in [-0.1, -0.05) is 26.0 Å². The van der Waals surface area contributed by atoms with Crippen molar-refractivity contribution in [3.05, 3.63) is 29.8 Å². The van der Waals surface area contributed by atoms with E-state index in [1.807, 2.05) is 0 Å². The maximum Gasteiger partial charge on any atom is 0.471 e. The number of amides is 1. The van der Waals surface area contributed by atoms with Crippen molar-refractivity contribution < 1.29 is 18.0 Å². The van der Waals surface area contributed by atoms with Crippen LogP contribution < -0.4 is 10.6 Å². The molecule has 0 aliphatic heterocycles. The minimum atomic E-state index is -4.87. The monoisotopic (exact) mass is 274 g/mol. The third-order valence-electron chi connectivity index (χ3n) is 2.52. The summed E-state index contributed by atoms with van der Waals surface area (Å²) in [6.07, 6.45) is -4.87. The zero-order valence-electron chi connectivity index (χ0n) is 10.9. The van der Waals surface area contributed by atoms with Crippen molar-refractivity contribution in [3.8, 4) is 0 Å². The van der Waals surface area contributed by atoms with Gasteiger partial charge in [0.05, 0.1) is 0 Å². The molecule has 106 valence electrons. The Hall–Kier alpha value is -1.56. The molecule has 1 amide bonds. The molecule has 0 radical (unpaired) electrons. The molecule has 0 heterocycles. The Morgan fingerprint density at radius 1 is 1.26 bits per heavy atom. The van der Waals surface area contributed by atoms with E-state index < -0.39 is 12.1 Å². The second kappa shape index (κ2) is 6.06. The first-order chi connectivity index (χ1) is 8.75. The lowest BCUT2D eigenvalue weighted by molar-refractivity contribution is -0.170. The van der Waals surface area contributed by atoms with Gasteiger partial charge in [-0.3, -0.25) is 4.79 Å². The number of hydrogen-bond acceptors (Lipinski definition) is 2. The molecule has 6 heteroatoms. The molecule has 0 atom stereocenters. The standard InChI is InChI=1S/C13H17F3N2O/c1-9(2)8-18(12(19)13(14,15)16)11-5-3-10(7-17)4-6-11/h3-6,9H,7-8,17H2,1-2H3. The topological polar surface area (TPSA) is 46.3 Å². The van der Waals surface area contributed by atoms with Crippen molar-refractivity contribution in [1.29, 1.82) is 0 Å². The van der Waals surface area contributed by atoms with Gasteiger partial charge in [0.2, 0.25) is 0 Å². The summed E-state index contributed by atoms with van der Waals surface area (Å²) in [5.74, 6) is -1.91. The van der Waals surface area contributed by atoms with E-state index in [2.05, 4.69) is 0 Å². The van der Waals surface area contributed by atoms with Crippen LogP contribution in [-0.4, -0.2) is 18.6 Å². The Labute approximate surface area is 110 Å². The van der Waals surface area contributed by atoms with E-state index in [4.69, 9.17) is 5.73 Å². The molecule has 0 spiro atoms. The maximum absolute atomic E-state index is 12.6. The highest BCUT2D eigenvalue weighted by Crippen LogP contribution is 2.25. The Morgan fingerprint density at radius 2 is 1.79 bits per heavy atom. The van der Waals surface area contributed by atoms with Gasteiger partial charge in [-0.05, 0) is 23.6 Å². The fourth-order valence-electron chi connectivity index (χ4n) is 1.64. The van der Waals surface area contributed by atoms with Gasteiger partial charge in [0.15, 0.2) is 0 Å². The fourth-order valence-corrected chi connectivity index (χ4v) is 1.64. The lowest BCUT2D eigenvalue weighted by Gasteiger charge is -2.25. The fraction of sp³-hybridized carbons (Fsp3) is 0.462. The Morgan fingerprint density at radius 3 is 2.16 bits per heavy atom. The molecule has 0 unspecified atom stereocenters. The van der Waals surface area contributed by atoms with E-state index in [0.29, 0.717) is 6.54 Å². The quantitative estimate of drug-likeness (QED) is 0.917. The summed E-state index contributed by atoms with van der Waals surface area (Å²) in [7, 11) is 0. The van der Waals surface area contributed by atoms with E-state index in [-0.39, 0.29) is 18.2 Å². The lowest BCUT2D eigenvalue weighted by Crippen LogP contribution is -2.43. The predicted octanol–water partition coefficient (Wildman–Crippen LogP) is 2.70. The molecule has 0 aliphatic carbocycles. The smallest absolute Gasteiger partial charge is 0.326 e. The van der Waals surface area contributed by atoms with Gasteiger partial charge >= 0.3 is 12.1 Å². The van der Waals surface area contributed by atoms with Crippen LogP contribution in [0, 0.1) is 5.92 Å². The molecule has 1 aromatic rings. The Kier molecular flexibility index (Phi) is 4.94. The molecule has 19 heavy (non-hydrogen) atoms. The molecule has 0 aliphatic rings. The minimum Gasteiger partial charge on any atom is -0.326 e. The van der Waals surface area contributed by atoms with Gasteiger partial charge in [0.1, 0.15) is 0 Å². The van der Waals surface area contributed by atoms with Gasteiger partial charge in [0, 0.05) is 18.8 Å². The summed E-state index contributed by atoms with van der Waals surface area (Å²) in [5.41, 5.74) is 6.45. The minimum absolute atomic E-state index is 0.0142. The summed E-state index contributed by atoms with van der Waals surface area (Å²) in [6, 6.07) is 6.20. The number of benzene rings is 1. The Bertz CT molecular complexity index is 427. The first-order valence-corrected chi connectivity index (χ1v) is 5.93. The van der Waals surface area contributed by atoms with Crippen LogP contribution in [0.25, 0.3) is 0 Å². The first kappa shape index (κ1) is 15.5. The second-order valence-corrected chi connectivity index (χ2v) is 4.68. The number of anilines is 1. The zero-order valence-corrected chi connectivity index (χ0v) is 10.9. The highest BCUT2D eigenvalue weighted by atomic mass is 19.4. The van der Waals surface area contributed by atoms with Crippen LogP contribution >= 0.6 is 0 Å². The highest BCUT2D eigenvalue weighted by molar-refractivity contribution is 5.97. The number of hydrogen-bond donors (Lipinski definition) is 1. The van der Waals surface area contributed by atoms with E-state index in [9.17, 15) is 18.0 Å². The van der Waals surface area contributed by atoms with Gasteiger partial charge in [-0.25, -0.2) is 0 Å². The van der Waals surface area contributed by atoms with Gasteiger partial charge in [-0.15, -0.1) is 0 Å². The first-order valence-electron chi connectivity index (χ1n) is 5.93. The maximum atomic E-state index is 12.6. The average Bonchev–Trinajstić information content (AvgIpc) is 2.34. The van der Waals surface area contributed by atoms with E-state index >= 15 is 0 Å². The Balaban J connectivity index is 3.05. The van der Waals surface area contributed by atoms with Crippen LogP contribution in [0.15, 0.2) is 24.3 Å². The number of carbonyl (C=O) groups excluding carboxylic acids is 1. The molecule has 0 saturated heterocycles. The third kappa shape index (κ3) is 4.24. The van der Waals surface area contributed by atoms with Crippen molar-refractivity contribution in [3.63, 3.8) is 0 Å². The molecule has 0 fully saturated rings. The van der Waals surface area contributed by atoms with E-state index in [1.54, 1.807) is 26.0 Å². The van der Waals surface area contributed by atoms with Gasteiger partial charge < -0.3 is 10.6 Å². The SMILES string of the molecule is CC(C)CN(C(=O)C(F)(F)F)c1ccc(CN)cc1. The molecule has 3 nitrogen and oxygen atoms in total. The summed E-state index contributed by atoms with van der Waals surface area (Å²) in [5, 5.41) is 0. The highest BCUT2D eigenvalue weighted by Gasteiger charge is 2.43. The number of nitrogens with two attached hydrogens (primary N) is 1. The van der Waals surface area contributed by atoms with Crippen molar-refractivity contribution in [1.82, 2.24) is 0 Å². The van der Waals surface area contributed by atoms with Crippen LogP contribution in [0.1, 0.15) is 19.4 Å². The van der Waals surface area contributed by atoms with Crippen molar-refractivity contribution in [2.45, 2.75) is 26.6 Å². The zero-order chi connectivity index (χ0) is 14.6. The van der Waals surface area contributed by atoms with Crippen molar-refractivity contribution in [2.24, 2.45) is 11.7 Å². The van der Waals surface area contributed by atoms with Crippen LogP contribution in [0.5, 0.6) is 0 Å². The molecular weight excluding hydrogens is 257 g/mol. The van der Waals surface area contributed by atoms with E-state index in [0.717, 1.165) is 10.5 Å². The molecule has 1 rings (SSSR count). The van der Waals surface area contributed by atoms with E-state index in [1.165, 1.54) is 12.1 Å². The largest absolute Gasteiger partial charge is 0.471 e.